The molecule has 0 fully saturated rings. The van der Waals surface area contributed by atoms with Gasteiger partial charge in [-0.05, 0) is 42.3 Å². The molecule has 0 saturated carbocycles. The van der Waals surface area contributed by atoms with Crippen LogP contribution in [0.2, 0.25) is 0 Å². The highest BCUT2D eigenvalue weighted by atomic mass is 19.1. The average molecular weight is 310 g/mol. The fourth-order valence-corrected chi connectivity index (χ4v) is 1.88. The van der Waals surface area contributed by atoms with Crippen LogP contribution in [0.1, 0.15) is 17.4 Å². The molecule has 118 valence electrons. The van der Waals surface area contributed by atoms with Gasteiger partial charge in [0, 0.05) is 6.54 Å². The zero-order valence-electron chi connectivity index (χ0n) is 11.7. The fourth-order valence-electron chi connectivity index (χ4n) is 1.88. The van der Waals surface area contributed by atoms with Gasteiger partial charge in [-0.1, -0.05) is 0 Å². The third-order valence-corrected chi connectivity index (χ3v) is 3.02. The van der Waals surface area contributed by atoms with E-state index in [0.29, 0.717) is 5.76 Å². The molecule has 0 saturated heterocycles. The SMILES string of the molecule is O=C(NCCc1cc(F)ccc1F)NCC(O)c1ccco1. The summed E-state index contributed by atoms with van der Waals surface area (Å²) in [5, 5.41) is 14.7. The molecular formula is C15H16F2N2O3. The normalized spacial score (nSPS) is 12.0. The Kier molecular flexibility index (Phi) is 5.48. The van der Waals surface area contributed by atoms with Gasteiger partial charge in [0.05, 0.1) is 12.8 Å². The molecule has 0 spiro atoms. The van der Waals surface area contributed by atoms with Crippen LogP contribution in [0.5, 0.6) is 0 Å². The molecule has 0 aliphatic rings. The summed E-state index contributed by atoms with van der Waals surface area (Å²) >= 11 is 0. The molecule has 0 radical (unpaired) electrons. The van der Waals surface area contributed by atoms with Crippen LogP contribution in [0.4, 0.5) is 13.6 Å². The number of rotatable bonds is 6. The lowest BCUT2D eigenvalue weighted by molar-refractivity contribution is 0.148. The number of benzene rings is 1. The molecule has 0 bridgehead atoms. The number of urea groups is 1. The van der Waals surface area contributed by atoms with Crippen molar-refractivity contribution in [3.63, 3.8) is 0 Å². The van der Waals surface area contributed by atoms with E-state index in [9.17, 15) is 18.7 Å². The van der Waals surface area contributed by atoms with Crippen molar-refractivity contribution in [2.75, 3.05) is 13.1 Å². The van der Waals surface area contributed by atoms with Crippen LogP contribution in [0, 0.1) is 11.6 Å². The van der Waals surface area contributed by atoms with Crippen LogP contribution in [0.3, 0.4) is 0 Å². The van der Waals surface area contributed by atoms with Crippen LogP contribution in [0.15, 0.2) is 41.0 Å². The van der Waals surface area contributed by atoms with Crippen LogP contribution in [-0.4, -0.2) is 24.2 Å². The van der Waals surface area contributed by atoms with Crippen molar-refractivity contribution in [2.45, 2.75) is 12.5 Å². The summed E-state index contributed by atoms with van der Waals surface area (Å²) < 4.78 is 31.3. The Morgan fingerprint density at radius 1 is 1.27 bits per heavy atom. The average Bonchev–Trinajstić information content (AvgIpc) is 3.02. The van der Waals surface area contributed by atoms with E-state index in [-0.39, 0.29) is 25.1 Å². The number of hydrogen-bond acceptors (Lipinski definition) is 3. The van der Waals surface area contributed by atoms with Crippen LogP contribution >= 0.6 is 0 Å². The first kappa shape index (κ1) is 16.0. The Labute approximate surface area is 125 Å². The molecule has 5 nitrogen and oxygen atoms in total. The van der Waals surface area contributed by atoms with Crippen molar-refractivity contribution >= 4 is 6.03 Å². The van der Waals surface area contributed by atoms with Crippen molar-refractivity contribution in [1.82, 2.24) is 10.6 Å². The maximum atomic E-state index is 13.4. The molecule has 1 unspecified atom stereocenters. The monoisotopic (exact) mass is 310 g/mol. The molecule has 0 aliphatic heterocycles. The maximum Gasteiger partial charge on any atom is 0.314 e. The zero-order chi connectivity index (χ0) is 15.9. The lowest BCUT2D eigenvalue weighted by atomic mass is 10.1. The van der Waals surface area contributed by atoms with Crippen molar-refractivity contribution < 1.29 is 23.1 Å². The molecule has 2 amide bonds. The molecule has 2 aromatic rings. The van der Waals surface area contributed by atoms with Crippen LogP contribution in [-0.2, 0) is 6.42 Å². The molecule has 0 aliphatic carbocycles. The number of nitrogens with one attached hydrogen (secondary N) is 2. The minimum Gasteiger partial charge on any atom is -0.467 e. The van der Waals surface area contributed by atoms with Gasteiger partial charge < -0.3 is 20.2 Å². The highest BCUT2D eigenvalue weighted by Crippen LogP contribution is 2.11. The smallest absolute Gasteiger partial charge is 0.314 e. The van der Waals surface area contributed by atoms with Gasteiger partial charge in [-0.2, -0.15) is 0 Å². The summed E-state index contributed by atoms with van der Waals surface area (Å²) in [5.74, 6) is -0.693. The number of hydrogen-bond donors (Lipinski definition) is 3. The molecule has 22 heavy (non-hydrogen) atoms. The predicted molar refractivity (Wildman–Crippen MR) is 75.1 cm³/mol. The summed E-state index contributed by atoms with van der Waals surface area (Å²) in [5.41, 5.74) is 0.191. The second-order valence-corrected chi connectivity index (χ2v) is 4.65. The quantitative estimate of drug-likeness (QED) is 0.765. The summed E-state index contributed by atoms with van der Waals surface area (Å²) in [6.07, 6.45) is 0.644. The molecule has 1 aromatic heterocycles. The van der Waals surface area contributed by atoms with Gasteiger partial charge in [0.2, 0.25) is 0 Å². The first-order chi connectivity index (χ1) is 10.6. The lowest BCUT2D eigenvalue weighted by Crippen LogP contribution is -2.38. The maximum absolute atomic E-state index is 13.4. The molecule has 1 atom stereocenters. The summed E-state index contributed by atoms with van der Waals surface area (Å²) in [4.78, 5) is 11.5. The Balaban J connectivity index is 1.70. The third-order valence-electron chi connectivity index (χ3n) is 3.02. The van der Waals surface area contributed by atoms with E-state index < -0.39 is 23.8 Å². The molecule has 2 rings (SSSR count). The highest BCUT2D eigenvalue weighted by molar-refractivity contribution is 5.73. The van der Waals surface area contributed by atoms with Gasteiger partial charge in [0.25, 0.3) is 0 Å². The van der Waals surface area contributed by atoms with E-state index in [1.165, 1.54) is 6.26 Å². The molecule has 1 heterocycles. The first-order valence-corrected chi connectivity index (χ1v) is 6.73. The van der Waals surface area contributed by atoms with Crippen molar-refractivity contribution in [3.8, 4) is 0 Å². The van der Waals surface area contributed by atoms with Gasteiger partial charge in [-0.25, -0.2) is 13.6 Å². The number of amides is 2. The Bertz CT molecular complexity index is 617. The van der Waals surface area contributed by atoms with Gasteiger partial charge in [0.15, 0.2) is 0 Å². The number of carbonyl (C=O) groups is 1. The van der Waals surface area contributed by atoms with Gasteiger partial charge in [0.1, 0.15) is 23.5 Å². The lowest BCUT2D eigenvalue weighted by Gasteiger charge is -2.11. The fraction of sp³-hybridized carbons (Fsp3) is 0.267. The second kappa shape index (κ2) is 7.56. The van der Waals surface area contributed by atoms with Crippen molar-refractivity contribution in [3.05, 3.63) is 59.6 Å². The van der Waals surface area contributed by atoms with Gasteiger partial charge in [-0.15, -0.1) is 0 Å². The molecule has 3 N–H and O–H groups in total. The number of aliphatic hydroxyl groups is 1. The first-order valence-electron chi connectivity index (χ1n) is 6.73. The minimum atomic E-state index is -0.943. The predicted octanol–water partition coefficient (Wildman–Crippen LogP) is 2.13. The van der Waals surface area contributed by atoms with Crippen molar-refractivity contribution in [1.29, 1.82) is 0 Å². The Morgan fingerprint density at radius 3 is 2.82 bits per heavy atom. The Morgan fingerprint density at radius 2 is 2.09 bits per heavy atom. The molecular weight excluding hydrogens is 294 g/mol. The Hall–Kier alpha value is -2.41. The number of carbonyl (C=O) groups excluding carboxylic acids is 1. The van der Waals surface area contributed by atoms with Crippen LogP contribution in [0.25, 0.3) is 0 Å². The largest absolute Gasteiger partial charge is 0.467 e. The minimum absolute atomic E-state index is 0.0202. The number of furan rings is 1. The second-order valence-electron chi connectivity index (χ2n) is 4.65. The van der Waals surface area contributed by atoms with Crippen molar-refractivity contribution in [2.24, 2.45) is 0 Å². The highest BCUT2D eigenvalue weighted by Gasteiger charge is 2.11. The topological polar surface area (TPSA) is 74.5 Å². The third kappa shape index (κ3) is 4.56. The van der Waals surface area contributed by atoms with E-state index in [1.54, 1.807) is 12.1 Å². The van der Waals surface area contributed by atoms with E-state index in [4.69, 9.17) is 4.42 Å². The summed E-state index contributed by atoms with van der Waals surface area (Å²) in [6, 6.07) is 5.89. The number of halogens is 2. The van der Waals surface area contributed by atoms with E-state index in [0.717, 1.165) is 18.2 Å². The molecule has 7 heteroatoms. The van der Waals surface area contributed by atoms with Crippen LogP contribution < -0.4 is 10.6 Å². The summed E-state index contributed by atoms with van der Waals surface area (Å²) in [6.45, 7) is 0.122. The van der Waals surface area contributed by atoms with E-state index in [1.807, 2.05) is 0 Å². The molecule has 1 aromatic carbocycles. The van der Waals surface area contributed by atoms with E-state index >= 15 is 0 Å². The summed E-state index contributed by atoms with van der Waals surface area (Å²) in [7, 11) is 0. The van der Waals surface area contributed by atoms with Gasteiger partial charge in [-0.3, -0.25) is 0 Å². The van der Waals surface area contributed by atoms with E-state index in [2.05, 4.69) is 10.6 Å². The zero-order valence-corrected chi connectivity index (χ0v) is 11.7. The number of aliphatic hydroxyl groups excluding tert-OH is 1. The standard InChI is InChI=1S/C15H16F2N2O3/c16-11-3-4-12(17)10(8-11)5-6-18-15(21)19-9-13(20)14-2-1-7-22-14/h1-4,7-8,13,20H,5-6,9H2,(H2,18,19,21). The van der Waals surface area contributed by atoms with Gasteiger partial charge >= 0.3 is 6.03 Å².